The number of rotatable bonds is 2. The summed E-state index contributed by atoms with van der Waals surface area (Å²) < 4.78 is 0. The van der Waals surface area contributed by atoms with E-state index in [0.717, 1.165) is 0 Å². The van der Waals surface area contributed by atoms with Crippen molar-refractivity contribution in [2.75, 3.05) is 0 Å². The normalized spacial score (nSPS) is 17.8. The van der Waals surface area contributed by atoms with Gasteiger partial charge in [-0.15, -0.1) is 0 Å². The first-order chi connectivity index (χ1) is 5.63. The minimum absolute atomic E-state index is 1.21. The van der Waals surface area contributed by atoms with Crippen LogP contribution in [0.4, 0.5) is 0 Å². The van der Waals surface area contributed by atoms with E-state index < -0.39 is 0 Å². The summed E-state index contributed by atoms with van der Waals surface area (Å²) in [7, 11) is 0. The first-order valence-electron chi connectivity index (χ1n) is 4.66. The van der Waals surface area contributed by atoms with E-state index in [1.807, 2.05) is 0 Å². The first kappa shape index (κ1) is 9.31. The SMILES string of the molecule is C=C(C)C1=C(C(=C)C)CCCC1. The zero-order valence-corrected chi connectivity index (χ0v) is 8.24. The molecule has 0 aromatic rings. The maximum absolute atomic E-state index is 4.01. The molecule has 0 aromatic carbocycles. The quantitative estimate of drug-likeness (QED) is 0.575. The minimum atomic E-state index is 1.21. The second-order valence-electron chi connectivity index (χ2n) is 3.72. The summed E-state index contributed by atoms with van der Waals surface area (Å²) in [4.78, 5) is 0. The molecule has 0 aromatic heterocycles. The van der Waals surface area contributed by atoms with Gasteiger partial charge in [-0.1, -0.05) is 24.3 Å². The van der Waals surface area contributed by atoms with Gasteiger partial charge in [0.2, 0.25) is 0 Å². The third-order valence-electron chi connectivity index (χ3n) is 2.50. The van der Waals surface area contributed by atoms with Gasteiger partial charge in [0.1, 0.15) is 0 Å². The molecule has 0 radical (unpaired) electrons. The van der Waals surface area contributed by atoms with Crippen LogP contribution in [0.15, 0.2) is 35.5 Å². The highest BCUT2D eigenvalue weighted by atomic mass is 14.2. The van der Waals surface area contributed by atoms with Crippen LogP contribution in [0.3, 0.4) is 0 Å². The molecule has 0 fully saturated rings. The van der Waals surface area contributed by atoms with E-state index >= 15 is 0 Å². The van der Waals surface area contributed by atoms with Crippen LogP contribution < -0.4 is 0 Å². The van der Waals surface area contributed by atoms with Gasteiger partial charge in [0.25, 0.3) is 0 Å². The predicted molar refractivity (Wildman–Crippen MR) is 55.1 cm³/mol. The molecular weight excluding hydrogens is 144 g/mol. The summed E-state index contributed by atoms with van der Waals surface area (Å²) in [6, 6.07) is 0. The molecule has 0 spiro atoms. The van der Waals surface area contributed by atoms with Gasteiger partial charge in [0.05, 0.1) is 0 Å². The lowest BCUT2D eigenvalue weighted by molar-refractivity contribution is 0.682. The Hall–Kier alpha value is -0.780. The van der Waals surface area contributed by atoms with Crippen LogP contribution in [0.1, 0.15) is 39.5 Å². The number of allylic oxidation sites excluding steroid dienone is 4. The van der Waals surface area contributed by atoms with Gasteiger partial charge < -0.3 is 0 Å². The van der Waals surface area contributed by atoms with Crippen molar-refractivity contribution in [1.82, 2.24) is 0 Å². The fourth-order valence-corrected chi connectivity index (χ4v) is 1.85. The van der Waals surface area contributed by atoms with Crippen LogP contribution in [-0.2, 0) is 0 Å². The molecule has 1 aliphatic rings. The Morgan fingerprint density at radius 2 is 1.25 bits per heavy atom. The summed E-state index contributed by atoms with van der Waals surface area (Å²) in [6.45, 7) is 12.2. The lowest BCUT2D eigenvalue weighted by Crippen LogP contribution is -2.01. The smallest absolute Gasteiger partial charge is 0.0274 e. The Morgan fingerprint density at radius 3 is 1.50 bits per heavy atom. The summed E-state index contributed by atoms with van der Waals surface area (Å²) in [5.41, 5.74) is 5.39. The molecule has 0 nitrogen and oxygen atoms in total. The molecule has 0 N–H and O–H groups in total. The van der Waals surface area contributed by atoms with Gasteiger partial charge in [-0.3, -0.25) is 0 Å². The van der Waals surface area contributed by atoms with E-state index in [1.54, 1.807) is 0 Å². The van der Waals surface area contributed by atoms with E-state index in [2.05, 4.69) is 27.0 Å². The Labute approximate surface area is 75.7 Å². The Balaban J connectivity index is 2.99. The highest BCUT2D eigenvalue weighted by Crippen LogP contribution is 2.32. The van der Waals surface area contributed by atoms with Crippen LogP contribution in [0.25, 0.3) is 0 Å². The number of hydrogen-bond acceptors (Lipinski definition) is 0. The van der Waals surface area contributed by atoms with Crippen LogP contribution in [-0.4, -0.2) is 0 Å². The third-order valence-corrected chi connectivity index (χ3v) is 2.50. The van der Waals surface area contributed by atoms with Gasteiger partial charge in [-0.05, 0) is 50.7 Å². The summed E-state index contributed by atoms with van der Waals surface area (Å²) in [5, 5.41) is 0. The summed E-state index contributed by atoms with van der Waals surface area (Å²) >= 11 is 0. The van der Waals surface area contributed by atoms with Crippen LogP contribution in [0, 0.1) is 0 Å². The van der Waals surface area contributed by atoms with Gasteiger partial charge in [0.15, 0.2) is 0 Å². The van der Waals surface area contributed by atoms with Crippen LogP contribution in [0.5, 0.6) is 0 Å². The maximum Gasteiger partial charge on any atom is -0.0274 e. The van der Waals surface area contributed by atoms with E-state index in [0.29, 0.717) is 0 Å². The summed E-state index contributed by atoms with van der Waals surface area (Å²) in [6.07, 6.45) is 5.05. The van der Waals surface area contributed by atoms with Crippen LogP contribution >= 0.6 is 0 Å². The second kappa shape index (κ2) is 3.75. The standard InChI is InChI=1S/C12H18/c1-9(2)11-7-5-6-8-12(11)10(3)4/h1,3,5-8H2,2,4H3. The molecule has 0 saturated carbocycles. The van der Waals surface area contributed by atoms with E-state index in [1.165, 1.54) is 48.0 Å². The molecular formula is C12H18. The topological polar surface area (TPSA) is 0 Å². The van der Waals surface area contributed by atoms with E-state index in [-0.39, 0.29) is 0 Å². The van der Waals surface area contributed by atoms with Gasteiger partial charge in [0, 0.05) is 0 Å². The highest BCUT2D eigenvalue weighted by molar-refractivity contribution is 5.42. The average Bonchev–Trinajstić information content (AvgIpc) is 2.04. The molecule has 0 bridgehead atoms. The fraction of sp³-hybridized carbons (Fsp3) is 0.500. The summed E-state index contributed by atoms with van der Waals surface area (Å²) in [5.74, 6) is 0. The molecule has 1 rings (SSSR count). The molecule has 66 valence electrons. The maximum atomic E-state index is 4.01. The predicted octanol–water partition coefficient (Wildman–Crippen LogP) is 4.01. The Bertz CT molecular complexity index is 215. The average molecular weight is 162 g/mol. The van der Waals surface area contributed by atoms with Crippen molar-refractivity contribution < 1.29 is 0 Å². The molecule has 0 heterocycles. The monoisotopic (exact) mass is 162 g/mol. The van der Waals surface area contributed by atoms with Crippen molar-refractivity contribution >= 4 is 0 Å². The van der Waals surface area contributed by atoms with Crippen molar-refractivity contribution in [1.29, 1.82) is 0 Å². The van der Waals surface area contributed by atoms with Crippen molar-refractivity contribution in [3.05, 3.63) is 35.5 Å². The van der Waals surface area contributed by atoms with E-state index in [4.69, 9.17) is 0 Å². The molecule has 0 amide bonds. The van der Waals surface area contributed by atoms with Crippen molar-refractivity contribution in [3.8, 4) is 0 Å². The second-order valence-corrected chi connectivity index (χ2v) is 3.72. The lowest BCUT2D eigenvalue weighted by atomic mass is 9.85. The molecule has 1 aliphatic carbocycles. The molecule has 0 unspecified atom stereocenters. The highest BCUT2D eigenvalue weighted by Gasteiger charge is 2.12. The molecule has 0 saturated heterocycles. The van der Waals surface area contributed by atoms with E-state index in [9.17, 15) is 0 Å². The van der Waals surface area contributed by atoms with Crippen molar-refractivity contribution in [2.24, 2.45) is 0 Å². The van der Waals surface area contributed by atoms with Crippen molar-refractivity contribution in [2.45, 2.75) is 39.5 Å². The zero-order chi connectivity index (χ0) is 9.14. The zero-order valence-electron chi connectivity index (χ0n) is 8.24. The van der Waals surface area contributed by atoms with Gasteiger partial charge >= 0.3 is 0 Å². The lowest BCUT2D eigenvalue weighted by Gasteiger charge is -2.20. The minimum Gasteiger partial charge on any atom is -0.0958 e. The van der Waals surface area contributed by atoms with Crippen LogP contribution in [0.2, 0.25) is 0 Å². The van der Waals surface area contributed by atoms with Gasteiger partial charge in [-0.25, -0.2) is 0 Å². The van der Waals surface area contributed by atoms with Crippen molar-refractivity contribution in [3.63, 3.8) is 0 Å². The Kier molecular flexibility index (Phi) is 2.91. The third kappa shape index (κ3) is 1.88. The van der Waals surface area contributed by atoms with Gasteiger partial charge in [-0.2, -0.15) is 0 Å². The first-order valence-corrected chi connectivity index (χ1v) is 4.66. The molecule has 12 heavy (non-hydrogen) atoms. The molecule has 0 heteroatoms. The molecule has 0 aliphatic heterocycles. The number of hydrogen-bond donors (Lipinski definition) is 0. The molecule has 0 atom stereocenters. The Morgan fingerprint density at radius 1 is 0.917 bits per heavy atom. The largest absolute Gasteiger partial charge is 0.0958 e. The fourth-order valence-electron chi connectivity index (χ4n) is 1.85.